The molecule has 2 amide bonds. The Labute approximate surface area is 163 Å². The number of rotatable bonds is 7. The predicted molar refractivity (Wildman–Crippen MR) is 101 cm³/mol. The summed E-state index contributed by atoms with van der Waals surface area (Å²) in [7, 11) is 1.61. The molecule has 1 N–H and O–H groups in total. The first kappa shape index (κ1) is 18.5. The second kappa shape index (κ2) is 8.02. The van der Waals surface area contributed by atoms with E-state index in [1.54, 1.807) is 18.0 Å². The highest BCUT2D eigenvalue weighted by atomic mass is 16.5. The van der Waals surface area contributed by atoms with E-state index in [9.17, 15) is 9.59 Å². The topological polar surface area (TPSA) is 85.7 Å². The third-order valence-corrected chi connectivity index (χ3v) is 5.12. The molecular weight excluding hydrogens is 360 g/mol. The number of ether oxygens (including phenoxy) is 2. The molecule has 2 heterocycles. The van der Waals surface area contributed by atoms with Crippen molar-refractivity contribution in [2.45, 2.75) is 37.6 Å². The summed E-state index contributed by atoms with van der Waals surface area (Å²) in [5.41, 5.74) is 0.868. The van der Waals surface area contributed by atoms with E-state index in [0.29, 0.717) is 13.1 Å². The maximum atomic E-state index is 12.9. The second-order valence-electron chi connectivity index (χ2n) is 7.04. The van der Waals surface area contributed by atoms with Crippen LogP contribution in [0.5, 0.6) is 5.75 Å². The maximum Gasteiger partial charge on any atom is 0.251 e. The third-order valence-electron chi connectivity index (χ3n) is 5.12. The van der Waals surface area contributed by atoms with Crippen LogP contribution in [0.1, 0.15) is 24.4 Å². The van der Waals surface area contributed by atoms with E-state index in [0.717, 1.165) is 24.2 Å². The Morgan fingerprint density at radius 2 is 2.11 bits per heavy atom. The van der Waals surface area contributed by atoms with Crippen LogP contribution in [0.25, 0.3) is 0 Å². The molecule has 0 bridgehead atoms. The standard InChI is InChI=1S/C20H24N4O4/c1-27-16-7-3-14(4-8-16)18-19(28-13-17(25)24(18)15-5-6-15)20(26)21-10-12-23-11-2-9-22-23/h2-4,7-9,11,15,18-19H,5-6,10,12-13H2,1H3,(H,21,26)/t18-,19+/m1/s1. The zero-order valence-electron chi connectivity index (χ0n) is 15.8. The average Bonchev–Trinajstić information content (AvgIpc) is 3.42. The third kappa shape index (κ3) is 3.87. The normalized spacial score (nSPS) is 22.2. The van der Waals surface area contributed by atoms with Gasteiger partial charge in [-0.1, -0.05) is 12.1 Å². The van der Waals surface area contributed by atoms with Gasteiger partial charge in [-0.25, -0.2) is 0 Å². The van der Waals surface area contributed by atoms with Gasteiger partial charge in [0.2, 0.25) is 5.91 Å². The molecule has 0 spiro atoms. The summed E-state index contributed by atoms with van der Waals surface area (Å²) in [6.45, 7) is 0.942. The number of aromatic nitrogens is 2. The lowest BCUT2D eigenvalue weighted by atomic mass is 9.96. The van der Waals surface area contributed by atoms with Gasteiger partial charge in [-0.05, 0) is 36.6 Å². The van der Waals surface area contributed by atoms with Gasteiger partial charge in [-0.3, -0.25) is 14.3 Å². The van der Waals surface area contributed by atoms with Gasteiger partial charge in [-0.15, -0.1) is 0 Å². The fourth-order valence-corrected chi connectivity index (χ4v) is 3.59. The van der Waals surface area contributed by atoms with Crippen molar-refractivity contribution >= 4 is 11.8 Å². The van der Waals surface area contributed by atoms with E-state index in [1.165, 1.54) is 0 Å². The van der Waals surface area contributed by atoms with Crippen molar-refractivity contribution in [1.29, 1.82) is 0 Å². The number of hydrogen-bond donors (Lipinski definition) is 1. The van der Waals surface area contributed by atoms with Gasteiger partial charge in [-0.2, -0.15) is 5.10 Å². The van der Waals surface area contributed by atoms with Crippen LogP contribution in [0.15, 0.2) is 42.7 Å². The van der Waals surface area contributed by atoms with Gasteiger partial charge >= 0.3 is 0 Å². The van der Waals surface area contributed by atoms with Crippen molar-refractivity contribution in [1.82, 2.24) is 20.0 Å². The number of nitrogens with zero attached hydrogens (tertiary/aromatic N) is 3. The zero-order valence-corrected chi connectivity index (χ0v) is 15.8. The molecule has 2 aliphatic rings. The fraction of sp³-hybridized carbons (Fsp3) is 0.450. The van der Waals surface area contributed by atoms with Crippen molar-refractivity contribution in [3.63, 3.8) is 0 Å². The van der Waals surface area contributed by atoms with Crippen molar-refractivity contribution in [3.05, 3.63) is 48.3 Å². The van der Waals surface area contributed by atoms with Gasteiger partial charge < -0.3 is 19.7 Å². The molecule has 2 aromatic rings. The molecule has 1 saturated carbocycles. The number of amides is 2. The summed E-state index contributed by atoms with van der Waals surface area (Å²) in [5, 5.41) is 7.05. The van der Waals surface area contributed by atoms with E-state index in [1.807, 2.05) is 41.4 Å². The minimum atomic E-state index is -0.746. The first-order valence-electron chi connectivity index (χ1n) is 9.49. The molecule has 28 heavy (non-hydrogen) atoms. The first-order chi connectivity index (χ1) is 13.7. The molecule has 8 nitrogen and oxygen atoms in total. The maximum absolute atomic E-state index is 12.9. The molecule has 0 radical (unpaired) electrons. The average molecular weight is 384 g/mol. The van der Waals surface area contributed by atoms with Crippen LogP contribution in [-0.4, -0.2) is 58.9 Å². The summed E-state index contributed by atoms with van der Waals surface area (Å²) in [6, 6.07) is 9.05. The smallest absolute Gasteiger partial charge is 0.251 e. The number of benzene rings is 1. The Bertz CT molecular complexity index is 817. The summed E-state index contributed by atoms with van der Waals surface area (Å²) < 4.78 is 12.7. The number of morpholine rings is 1. The molecule has 1 aliphatic carbocycles. The highest BCUT2D eigenvalue weighted by Gasteiger charge is 2.47. The molecule has 8 heteroatoms. The lowest BCUT2D eigenvalue weighted by Crippen LogP contribution is -2.55. The number of carbonyl (C=O) groups excluding carboxylic acids is 2. The van der Waals surface area contributed by atoms with Gasteiger partial charge in [0.1, 0.15) is 12.4 Å². The quantitative estimate of drug-likeness (QED) is 0.774. The molecule has 1 saturated heterocycles. The zero-order chi connectivity index (χ0) is 19.5. The second-order valence-corrected chi connectivity index (χ2v) is 7.04. The predicted octanol–water partition coefficient (Wildman–Crippen LogP) is 1.14. The molecule has 4 rings (SSSR count). The van der Waals surface area contributed by atoms with Gasteiger partial charge in [0, 0.05) is 25.0 Å². The van der Waals surface area contributed by atoms with Crippen molar-refractivity contribution < 1.29 is 19.1 Å². The van der Waals surface area contributed by atoms with Gasteiger partial charge in [0.15, 0.2) is 6.10 Å². The fourth-order valence-electron chi connectivity index (χ4n) is 3.59. The first-order valence-corrected chi connectivity index (χ1v) is 9.49. The number of methoxy groups -OCH3 is 1. The van der Waals surface area contributed by atoms with Crippen LogP contribution in [0, 0.1) is 0 Å². The van der Waals surface area contributed by atoms with E-state index in [2.05, 4.69) is 10.4 Å². The van der Waals surface area contributed by atoms with Crippen molar-refractivity contribution in [2.24, 2.45) is 0 Å². The highest BCUT2D eigenvalue weighted by Crippen LogP contribution is 2.39. The monoisotopic (exact) mass is 384 g/mol. The largest absolute Gasteiger partial charge is 0.497 e. The van der Waals surface area contributed by atoms with E-state index in [-0.39, 0.29) is 24.5 Å². The van der Waals surface area contributed by atoms with E-state index in [4.69, 9.17) is 9.47 Å². The van der Waals surface area contributed by atoms with Gasteiger partial charge in [0.05, 0.1) is 19.7 Å². The molecule has 1 aliphatic heterocycles. The Balaban J connectivity index is 1.52. The van der Waals surface area contributed by atoms with E-state index >= 15 is 0 Å². The number of nitrogens with one attached hydrogen (secondary N) is 1. The minimum Gasteiger partial charge on any atom is -0.497 e. The Hall–Kier alpha value is -2.87. The summed E-state index contributed by atoms with van der Waals surface area (Å²) in [6.07, 6.45) is 4.73. The molecule has 1 aromatic carbocycles. The van der Waals surface area contributed by atoms with Crippen LogP contribution < -0.4 is 10.1 Å². The molecule has 2 fully saturated rings. The molecule has 1 aromatic heterocycles. The lowest BCUT2D eigenvalue weighted by Gasteiger charge is -2.40. The van der Waals surface area contributed by atoms with Crippen molar-refractivity contribution in [3.8, 4) is 5.75 Å². The molecule has 0 unspecified atom stereocenters. The molecular formula is C20H24N4O4. The summed E-state index contributed by atoms with van der Waals surface area (Å²) in [5.74, 6) is 0.444. The van der Waals surface area contributed by atoms with Crippen LogP contribution in [0.2, 0.25) is 0 Å². The Morgan fingerprint density at radius 3 is 2.75 bits per heavy atom. The lowest BCUT2D eigenvalue weighted by molar-refractivity contribution is -0.165. The Kier molecular flexibility index (Phi) is 5.29. The minimum absolute atomic E-state index is 0.0658. The van der Waals surface area contributed by atoms with Crippen LogP contribution >= 0.6 is 0 Å². The van der Waals surface area contributed by atoms with Crippen molar-refractivity contribution in [2.75, 3.05) is 20.3 Å². The van der Waals surface area contributed by atoms with Crippen LogP contribution in [0.4, 0.5) is 0 Å². The molecule has 148 valence electrons. The molecule has 2 atom stereocenters. The van der Waals surface area contributed by atoms with E-state index < -0.39 is 12.1 Å². The Morgan fingerprint density at radius 1 is 1.32 bits per heavy atom. The van der Waals surface area contributed by atoms with Crippen LogP contribution in [-0.2, 0) is 20.9 Å². The highest BCUT2D eigenvalue weighted by molar-refractivity contribution is 5.86. The summed E-state index contributed by atoms with van der Waals surface area (Å²) >= 11 is 0. The SMILES string of the molecule is COc1ccc([C@@H]2[C@@H](C(=O)NCCn3cccn3)OCC(=O)N2C2CC2)cc1. The van der Waals surface area contributed by atoms with Crippen LogP contribution in [0.3, 0.4) is 0 Å². The summed E-state index contributed by atoms with van der Waals surface area (Å²) in [4.78, 5) is 27.3. The number of hydrogen-bond acceptors (Lipinski definition) is 5. The number of carbonyl (C=O) groups is 2. The van der Waals surface area contributed by atoms with Gasteiger partial charge in [0.25, 0.3) is 5.91 Å².